The van der Waals surface area contributed by atoms with Gasteiger partial charge < -0.3 is 14.4 Å². The zero-order valence-corrected chi connectivity index (χ0v) is 17.9. The summed E-state index contributed by atoms with van der Waals surface area (Å²) in [5.74, 6) is 0.808. The van der Waals surface area contributed by atoms with E-state index in [-0.39, 0.29) is 17.9 Å². The van der Waals surface area contributed by atoms with Crippen molar-refractivity contribution in [3.8, 4) is 5.75 Å². The fraction of sp³-hybridized carbons (Fsp3) is 0.565. The van der Waals surface area contributed by atoms with Crippen LogP contribution in [0, 0.1) is 5.92 Å². The Morgan fingerprint density at radius 2 is 1.79 bits per heavy atom. The summed E-state index contributed by atoms with van der Waals surface area (Å²) in [5, 5.41) is 0. The molecule has 2 amide bonds. The van der Waals surface area contributed by atoms with E-state index in [9.17, 15) is 9.59 Å². The first-order valence-corrected chi connectivity index (χ1v) is 10.5. The van der Waals surface area contributed by atoms with Crippen molar-refractivity contribution in [1.82, 2.24) is 9.80 Å². The molecule has 1 fully saturated rings. The largest absolute Gasteiger partial charge is 0.496 e. The molecule has 0 unspecified atom stereocenters. The highest BCUT2D eigenvalue weighted by molar-refractivity contribution is 6.36. The fourth-order valence-electron chi connectivity index (χ4n) is 3.93. The number of carbonyl (C=O) groups is 2. The van der Waals surface area contributed by atoms with Crippen molar-refractivity contribution in [3.05, 3.63) is 35.5 Å². The molecule has 6 nitrogen and oxygen atoms in total. The molecule has 1 saturated heterocycles. The predicted octanol–water partition coefficient (Wildman–Crippen LogP) is 3.32. The lowest BCUT2D eigenvalue weighted by Gasteiger charge is -2.32. The van der Waals surface area contributed by atoms with Gasteiger partial charge in [-0.1, -0.05) is 25.1 Å². The van der Waals surface area contributed by atoms with E-state index >= 15 is 0 Å². The maximum atomic E-state index is 13.4. The van der Waals surface area contributed by atoms with Gasteiger partial charge in [-0.25, -0.2) is 0 Å². The van der Waals surface area contributed by atoms with Crippen molar-refractivity contribution < 1.29 is 19.1 Å². The first kappa shape index (κ1) is 21.4. The molecule has 2 aliphatic rings. The number of ether oxygens (including phenoxy) is 2. The van der Waals surface area contributed by atoms with Crippen LogP contribution in [0.4, 0.5) is 0 Å². The van der Waals surface area contributed by atoms with Gasteiger partial charge >= 0.3 is 0 Å². The van der Waals surface area contributed by atoms with Gasteiger partial charge in [0.25, 0.3) is 11.8 Å². The van der Waals surface area contributed by atoms with Crippen LogP contribution in [0.1, 0.15) is 45.6 Å². The number of carbonyl (C=O) groups excluding carboxylic acids is 2. The van der Waals surface area contributed by atoms with E-state index in [2.05, 4.69) is 11.8 Å². The Morgan fingerprint density at radius 3 is 2.45 bits per heavy atom. The van der Waals surface area contributed by atoms with Crippen LogP contribution in [-0.2, 0) is 14.3 Å². The lowest BCUT2D eigenvalue weighted by atomic mass is 9.97. The number of likely N-dealkylation sites (tertiary alicyclic amines) is 1. The van der Waals surface area contributed by atoms with E-state index in [1.165, 1.54) is 4.90 Å². The summed E-state index contributed by atoms with van der Waals surface area (Å²) in [6.45, 7) is 8.64. The number of rotatable bonds is 8. The third kappa shape index (κ3) is 4.64. The molecule has 0 N–H and O–H groups in total. The molecule has 1 aromatic carbocycles. The second-order valence-electron chi connectivity index (χ2n) is 8.13. The highest BCUT2D eigenvalue weighted by atomic mass is 16.5. The third-order valence-corrected chi connectivity index (χ3v) is 5.60. The van der Waals surface area contributed by atoms with E-state index < -0.39 is 0 Å². The highest BCUT2D eigenvalue weighted by Gasteiger charge is 2.42. The van der Waals surface area contributed by atoms with Gasteiger partial charge in [0.15, 0.2) is 0 Å². The number of amides is 2. The van der Waals surface area contributed by atoms with Crippen LogP contribution >= 0.6 is 0 Å². The fourth-order valence-corrected chi connectivity index (χ4v) is 3.93. The molecule has 29 heavy (non-hydrogen) atoms. The van der Waals surface area contributed by atoms with Crippen LogP contribution in [0.15, 0.2) is 30.0 Å². The van der Waals surface area contributed by atoms with Gasteiger partial charge in [-0.05, 0) is 45.1 Å². The quantitative estimate of drug-likeness (QED) is 0.495. The molecule has 2 aliphatic heterocycles. The minimum atomic E-state index is -0.238. The van der Waals surface area contributed by atoms with Crippen LogP contribution < -0.4 is 4.74 Å². The number of hydrogen-bond donors (Lipinski definition) is 0. The summed E-state index contributed by atoms with van der Waals surface area (Å²) in [6, 6.07) is 7.43. The molecule has 0 bridgehead atoms. The van der Waals surface area contributed by atoms with E-state index in [1.54, 1.807) is 7.11 Å². The van der Waals surface area contributed by atoms with Crippen molar-refractivity contribution in [2.45, 2.75) is 46.1 Å². The molecule has 3 rings (SSSR count). The van der Waals surface area contributed by atoms with Crippen molar-refractivity contribution in [2.75, 3.05) is 33.4 Å². The Labute approximate surface area is 173 Å². The zero-order valence-electron chi connectivity index (χ0n) is 17.9. The lowest BCUT2D eigenvalue weighted by Crippen LogP contribution is -2.39. The number of nitrogens with zero attached hydrogens (tertiary/aromatic N) is 2. The molecular formula is C23H32N2O4. The minimum Gasteiger partial charge on any atom is -0.496 e. The van der Waals surface area contributed by atoms with Gasteiger partial charge in [0.2, 0.25) is 0 Å². The first-order valence-electron chi connectivity index (χ1n) is 10.5. The van der Waals surface area contributed by atoms with Gasteiger partial charge in [0.1, 0.15) is 11.4 Å². The third-order valence-electron chi connectivity index (χ3n) is 5.60. The Balaban J connectivity index is 1.92. The molecule has 2 heterocycles. The molecule has 0 spiro atoms. The van der Waals surface area contributed by atoms with Crippen molar-refractivity contribution in [3.63, 3.8) is 0 Å². The van der Waals surface area contributed by atoms with Gasteiger partial charge in [-0.2, -0.15) is 0 Å². The maximum Gasteiger partial charge on any atom is 0.277 e. The van der Waals surface area contributed by atoms with Crippen LogP contribution in [0.5, 0.6) is 5.75 Å². The topological polar surface area (TPSA) is 59.1 Å². The minimum absolute atomic E-state index is 0.133. The number of imide groups is 1. The van der Waals surface area contributed by atoms with Crippen molar-refractivity contribution in [1.29, 1.82) is 0 Å². The number of para-hydroxylation sites is 1. The zero-order chi connectivity index (χ0) is 21.0. The molecule has 0 radical (unpaired) electrons. The molecular weight excluding hydrogens is 368 g/mol. The molecule has 0 aliphatic carbocycles. The predicted molar refractivity (Wildman–Crippen MR) is 112 cm³/mol. The highest BCUT2D eigenvalue weighted by Crippen LogP contribution is 2.37. The number of hydrogen-bond acceptors (Lipinski definition) is 5. The van der Waals surface area contributed by atoms with E-state index in [0.29, 0.717) is 48.1 Å². The van der Waals surface area contributed by atoms with Crippen molar-refractivity contribution in [2.24, 2.45) is 5.92 Å². The van der Waals surface area contributed by atoms with Gasteiger partial charge in [0, 0.05) is 31.8 Å². The smallest absolute Gasteiger partial charge is 0.277 e. The molecule has 1 aromatic rings. The van der Waals surface area contributed by atoms with Crippen LogP contribution in [0.3, 0.4) is 0 Å². The van der Waals surface area contributed by atoms with Gasteiger partial charge in [-0.15, -0.1) is 0 Å². The van der Waals surface area contributed by atoms with Crippen LogP contribution in [0.2, 0.25) is 0 Å². The van der Waals surface area contributed by atoms with Crippen LogP contribution in [-0.4, -0.2) is 61.1 Å². The molecule has 6 heteroatoms. The summed E-state index contributed by atoms with van der Waals surface area (Å²) in [6.07, 6.45) is 2.80. The van der Waals surface area contributed by atoms with E-state index in [1.807, 2.05) is 38.1 Å². The summed E-state index contributed by atoms with van der Waals surface area (Å²) in [4.78, 5) is 30.1. The van der Waals surface area contributed by atoms with E-state index in [0.717, 1.165) is 25.9 Å². The Morgan fingerprint density at radius 1 is 1.10 bits per heavy atom. The number of piperidine rings is 1. The average Bonchev–Trinajstić information content (AvgIpc) is 2.95. The standard InChI is InChI=1S/C23H32N2O4/c1-16(2)29-15-7-12-25-22(26)20(18-8-5-6-9-19(18)28-4)21(23(25)27)24-13-10-17(3)11-14-24/h5-6,8-9,16-17H,7,10-15H2,1-4H3. The van der Waals surface area contributed by atoms with Gasteiger partial charge in [0.05, 0.1) is 18.8 Å². The molecule has 0 aromatic heterocycles. The Kier molecular flexibility index (Phi) is 6.96. The Bertz CT molecular complexity index is 779. The maximum absolute atomic E-state index is 13.4. The van der Waals surface area contributed by atoms with E-state index in [4.69, 9.17) is 9.47 Å². The monoisotopic (exact) mass is 400 g/mol. The lowest BCUT2D eigenvalue weighted by molar-refractivity contribution is -0.137. The second kappa shape index (κ2) is 9.44. The summed E-state index contributed by atoms with van der Waals surface area (Å²) < 4.78 is 11.1. The SMILES string of the molecule is COc1ccccc1C1=C(N2CCC(C)CC2)C(=O)N(CCCOC(C)C)C1=O. The number of benzene rings is 1. The summed E-state index contributed by atoms with van der Waals surface area (Å²) in [5.41, 5.74) is 1.67. The number of methoxy groups -OCH3 is 1. The summed E-state index contributed by atoms with van der Waals surface area (Å²) >= 11 is 0. The summed E-state index contributed by atoms with van der Waals surface area (Å²) in [7, 11) is 1.59. The first-order chi connectivity index (χ1) is 13.9. The normalized spacial score (nSPS) is 18.4. The molecule has 0 saturated carbocycles. The molecule has 0 atom stereocenters. The van der Waals surface area contributed by atoms with Crippen molar-refractivity contribution >= 4 is 17.4 Å². The Hall–Kier alpha value is -2.34. The average molecular weight is 401 g/mol. The van der Waals surface area contributed by atoms with Gasteiger partial charge in [-0.3, -0.25) is 14.5 Å². The van der Waals surface area contributed by atoms with Crippen LogP contribution in [0.25, 0.3) is 5.57 Å². The molecule has 158 valence electrons. The second-order valence-corrected chi connectivity index (χ2v) is 8.13.